The van der Waals surface area contributed by atoms with Gasteiger partial charge in [-0.1, -0.05) is 152 Å². The predicted octanol–water partition coefficient (Wildman–Crippen LogP) is 11.8. The molecular formula is C50H34N8. The smallest absolute Gasteiger partial charge is 0.164 e. The summed E-state index contributed by atoms with van der Waals surface area (Å²) in [5.74, 6) is 2.26. The first-order valence-electron chi connectivity index (χ1n) is 19.0. The maximum atomic E-state index is 8.36. The molecule has 0 aliphatic heterocycles. The fourth-order valence-corrected chi connectivity index (χ4v) is 7.39. The first-order chi connectivity index (χ1) is 28.7. The molecule has 58 heavy (non-hydrogen) atoms. The lowest BCUT2D eigenvalue weighted by Gasteiger charge is -2.16. The number of hydrogen-bond donors (Lipinski definition) is 2. The van der Waals surface area contributed by atoms with E-state index in [0.29, 0.717) is 40.4 Å². The number of fused-ring (bicyclic) bond motifs is 3. The Morgan fingerprint density at radius 1 is 0.397 bits per heavy atom. The minimum Gasteiger partial charge on any atom is -0.338 e. The Kier molecular flexibility index (Phi) is 8.81. The molecule has 0 amide bonds. The molecule has 0 radical (unpaired) electrons. The first kappa shape index (κ1) is 34.4. The van der Waals surface area contributed by atoms with Crippen LogP contribution in [0.3, 0.4) is 0 Å². The number of aromatic nitrogens is 6. The van der Waals surface area contributed by atoms with E-state index in [4.69, 9.17) is 30.3 Å². The average Bonchev–Trinajstić information content (AvgIpc) is 3.64. The van der Waals surface area contributed by atoms with Crippen LogP contribution in [0.1, 0.15) is 5.69 Å². The molecule has 10 aromatic rings. The van der Waals surface area contributed by atoms with Crippen LogP contribution in [0.15, 0.2) is 188 Å². The number of hydrogen-bond acceptors (Lipinski definition) is 7. The molecule has 274 valence electrons. The minimum absolute atomic E-state index is 0.422. The highest BCUT2D eigenvalue weighted by Gasteiger charge is 2.19. The Morgan fingerprint density at radius 3 is 1.33 bits per heavy atom. The molecule has 3 aromatic heterocycles. The monoisotopic (exact) mass is 746 g/mol. The summed E-state index contributed by atoms with van der Waals surface area (Å²) in [6.45, 7) is 0. The summed E-state index contributed by atoms with van der Waals surface area (Å²) in [5.41, 5.74) is 10.3. The molecule has 7 aromatic carbocycles. The van der Waals surface area contributed by atoms with E-state index in [2.05, 4.69) is 82.7 Å². The summed E-state index contributed by atoms with van der Waals surface area (Å²) in [6.07, 6.45) is 1.24. The van der Waals surface area contributed by atoms with E-state index in [1.54, 1.807) is 0 Å². The van der Waals surface area contributed by atoms with Crippen LogP contribution < -0.4 is 5.32 Å². The van der Waals surface area contributed by atoms with Gasteiger partial charge >= 0.3 is 0 Å². The summed E-state index contributed by atoms with van der Waals surface area (Å²) in [7, 11) is 0. The zero-order valence-electron chi connectivity index (χ0n) is 31.2. The number of rotatable bonds is 9. The predicted molar refractivity (Wildman–Crippen MR) is 235 cm³/mol. The maximum Gasteiger partial charge on any atom is 0.164 e. The van der Waals surface area contributed by atoms with Crippen LogP contribution in [0.5, 0.6) is 0 Å². The van der Waals surface area contributed by atoms with Crippen molar-refractivity contribution >= 4 is 39.5 Å². The van der Waals surface area contributed by atoms with Crippen molar-refractivity contribution in [3.8, 4) is 62.4 Å². The van der Waals surface area contributed by atoms with E-state index < -0.39 is 0 Å². The van der Waals surface area contributed by atoms with E-state index in [-0.39, 0.29) is 0 Å². The van der Waals surface area contributed by atoms with Gasteiger partial charge in [0.2, 0.25) is 0 Å². The summed E-state index contributed by atoms with van der Waals surface area (Å²) in [5, 5.41) is 14.2. The lowest BCUT2D eigenvalue weighted by molar-refractivity contribution is 1.07. The number of para-hydroxylation sites is 3. The SMILES string of the molecule is N=Cc1nc(-c2ccc(-c3nc(-c4ccccc4)nc(-c4ccccc4)n3)cc2)c(-c2ccc(-n3c4ccccc4c4ccccc43)cc2)nc1Nc1ccccc1. The van der Waals surface area contributed by atoms with Gasteiger partial charge in [0.25, 0.3) is 0 Å². The largest absolute Gasteiger partial charge is 0.338 e. The third-order valence-electron chi connectivity index (χ3n) is 10.2. The van der Waals surface area contributed by atoms with Crippen molar-refractivity contribution in [1.82, 2.24) is 29.5 Å². The highest BCUT2D eigenvalue weighted by Crippen LogP contribution is 2.36. The molecule has 8 nitrogen and oxygen atoms in total. The average molecular weight is 747 g/mol. The third-order valence-corrected chi connectivity index (χ3v) is 10.2. The Morgan fingerprint density at radius 2 is 0.810 bits per heavy atom. The highest BCUT2D eigenvalue weighted by molar-refractivity contribution is 6.09. The van der Waals surface area contributed by atoms with E-state index in [1.165, 1.54) is 17.0 Å². The summed E-state index contributed by atoms with van der Waals surface area (Å²) in [4.78, 5) is 25.0. The Balaban J connectivity index is 1.08. The molecule has 3 heterocycles. The summed E-state index contributed by atoms with van der Waals surface area (Å²) >= 11 is 0. The Hall–Kier alpha value is -8.10. The van der Waals surface area contributed by atoms with Crippen LogP contribution in [-0.2, 0) is 0 Å². The third kappa shape index (κ3) is 6.44. The van der Waals surface area contributed by atoms with Gasteiger partial charge in [0.1, 0.15) is 5.69 Å². The summed E-state index contributed by atoms with van der Waals surface area (Å²) in [6, 6.07) is 63.2. The standard InChI is InChI=1S/C50H34N8/c51-32-42-50(52-38-18-8-3-9-19-38)54-46(34-28-30-39(31-29-34)58-43-22-12-10-20-40(43)41-21-11-13-23-44(41)58)45(53-42)33-24-26-37(27-25-33)49-56-47(35-14-4-1-5-15-35)55-48(57-49)36-16-6-2-7-17-36/h1-32,51H,(H,52,54). The zero-order chi connectivity index (χ0) is 38.8. The van der Waals surface area contributed by atoms with E-state index in [9.17, 15) is 0 Å². The number of anilines is 2. The highest BCUT2D eigenvalue weighted by atomic mass is 15.0. The van der Waals surface area contributed by atoms with E-state index >= 15 is 0 Å². The molecule has 0 atom stereocenters. The van der Waals surface area contributed by atoms with Crippen molar-refractivity contribution in [1.29, 1.82) is 5.41 Å². The van der Waals surface area contributed by atoms with Crippen molar-refractivity contribution in [2.45, 2.75) is 0 Å². The molecule has 0 spiro atoms. The van der Waals surface area contributed by atoms with Crippen LogP contribution in [0.2, 0.25) is 0 Å². The molecule has 0 saturated heterocycles. The number of nitrogens with zero attached hydrogens (tertiary/aromatic N) is 6. The molecule has 0 aliphatic rings. The van der Waals surface area contributed by atoms with Crippen molar-refractivity contribution in [2.75, 3.05) is 5.32 Å². The molecule has 2 N–H and O–H groups in total. The van der Waals surface area contributed by atoms with Gasteiger partial charge in [0, 0.05) is 56.2 Å². The lowest BCUT2D eigenvalue weighted by atomic mass is 10.0. The second-order valence-corrected chi connectivity index (χ2v) is 13.8. The Labute approximate surface area is 334 Å². The van der Waals surface area contributed by atoms with Gasteiger partial charge in [-0.15, -0.1) is 0 Å². The normalized spacial score (nSPS) is 11.2. The molecular weight excluding hydrogens is 713 g/mol. The van der Waals surface area contributed by atoms with Gasteiger partial charge in [0.15, 0.2) is 23.3 Å². The first-order valence-corrected chi connectivity index (χ1v) is 19.0. The van der Waals surface area contributed by atoms with Crippen molar-refractivity contribution in [2.24, 2.45) is 0 Å². The Bertz CT molecular complexity index is 2960. The van der Waals surface area contributed by atoms with Gasteiger partial charge in [0.05, 0.1) is 22.4 Å². The summed E-state index contributed by atoms with van der Waals surface area (Å²) < 4.78 is 2.30. The van der Waals surface area contributed by atoms with Gasteiger partial charge in [-0.05, 0) is 36.4 Å². The molecule has 0 unspecified atom stereocenters. The van der Waals surface area contributed by atoms with E-state index in [1.807, 2.05) is 115 Å². The minimum atomic E-state index is 0.422. The quantitative estimate of drug-likeness (QED) is 0.142. The van der Waals surface area contributed by atoms with Gasteiger partial charge in [-0.2, -0.15) is 0 Å². The van der Waals surface area contributed by atoms with Crippen LogP contribution in [0.25, 0.3) is 84.2 Å². The second-order valence-electron chi connectivity index (χ2n) is 13.8. The molecule has 0 saturated carbocycles. The fraction of sp³-hybridized carbons (Fsp3) is 0. The van der Waals surface area contributed by atoms with Crippen molar-refractivity contribution in [3.05, 3.63) is 194 Å². The molecule has 10 rings (SSSR count). The molecule has 0 fully saturated rings. The van der Waals surface area contributed by atoms with Crippen LogP contribution in [0.4, 0.5) is 11.5 Å². The second kappa shape index (κ2) is 14.9. The number of nitrogens with one attached hydrogen (secondary N) is 2. The van der Waals surface area contributed by atoms with Crippen LogP contribution in [-0.4, -0.2) is 35.7 Å². The maximum absolute atomic E-state index is 8.36. The van der Waals surface area contributed by atoms with Gasteiger partial charge in [-0.25, -0.2) is 24.9 Å². The van der Waals surface area contributed by atoms with Crippen molar-refractivity contribution in [3.63, 3.8) is 0 Å². The molecule has 0 bridgehead atoms. The van der Waals surface area contributed by atoms with Crippen molar-refractivity contribution < 1.29 is 0 Å². The van der Waals surface area contributed by atoms with Crippen LogP contribution >= 0.6 is 0 Å². The van der Waals surface area contributed by atoms with E-state index in [0.717, 1.165) is 50.2 Å². The number of benzene rings is 7. The van der Waals surface area contributed by atoms with Gasteiger partial charge < -0.3 is 15.3 Å². The van der Waals surface area contributed by atoms with Crippen LogP contribution in [0, 0.1) is 5.41 Å². The lowest BCUT2D eigenvalue weighted by Crippen LogP contribution is -2.05. The molecule has 8 heteroatoms. The topological polar surface area (TPSA) is 105 Å². The fourth-order valence-electron chi connectivity index (χ4n) is 7.39. The zero-order valence-corrected chi connectivity index (χ0v) is 31.2. The molecule has 0 aliphatic carbocycles. The van der Waals surface area contributed by atoms with Gasteiger partial charge in [-0.3, -0.25) is 0 Å².